The molecule has 0 unspecified atom stereocenters. The van der Waals surface area contributed by atoms with Crippen LogP contribution in [0.15, 0.2) is 11.3 Å². The van der Waals surface area contributed by atoms with Crippen LogP contribution in [0.5, 0.6) is 0 Å². The second-order valence-electron chi connectivity index (χ2n) is 8.45. The summed E-state index contributed by atoms with van der Waals surface area (Å²) in [5.41, 5.74) is -2.56. The molecule has 3 fully saturated rings. The molecular formula is C19H24O7. The van der Waals surface area contributed by atoms with E-state index in [1.807, 2.05) is 6.92 Å². The van der Waals surface area contributed by atoms with Crippen LogP contribution >= 0.6 is 0 Å². The van der Waals surface area contributed by atoms with Crippen molar-refractivity contribution in [3.05, 3.63) is 11.3 Å². The maximum absolute atomic E-state index is 12.7. The lowest BCUT2D eigenvalue weighted by atomic mass is 9.57. The normalized spacial score (nSPS) is 48.2. The highest BCUT2D eigenvalue weighted by atomic mass is 16.6. The summed E-state index contributed by atoms with van der Waals surface area (Å²) >= 11 is 0. The van der Waals surface area contributed by atoms with Crippen molar-refractivity contribution in [3.63, 3.8) is 0 Å². The molecule has 2 saturated heterocycles. The van der Waals surface area contributed by atoms with Gasteiger partial charge in [-0.1, -0.05) is 13.8 Å². The first-order valence-corrected chi connectivity index (χ1v) is 9.21. The molecule has 26 heavy (non-hydrogen) atoms. The number of carbonyl (C=O) groups is 3. The average Bonchev–Trinajstić information content (AvgIpc) is 2.82. The summed E-state index contributed by atoms with van der Waals surface area (Å²) < 4.78 is 11.7. The Hall–Kier alpha value is -1.73. The molecule has 7 heteroatoms. The van der Waals surface area contributed by atoms with E-state index in [9.17, 15) is 24.6 Å². The molecule has 3 aliphatic heterocycles. The Labute approximate surface area is 151 Å². The number of ether oxygens (including phenoxy) is 2. The molecule has 7 atom stereocenters. The molecule has 5 rings (SSSR count). The van der Waals surface area contributed by atoms with Gasteiger partial charge in [0.1, 0.15) is 23.1 Å². The number of carbonyl (C=O) groups excluding carboxylic acids is 3. The van der Waals surface area contributed by atoms with Crippen molar-refractivity contribution in [1.82, 2.24) is 0 Å². The Morgan fingerprint density at radius 1 is 1.12 bits per heavy atom. The topological polar surface area (TPSA) is 110 Å². The van der Waals surface area contributed by atoms with Gasteiger partial charge in [0.15, 0.2) is 17.1 Å². The van der Waals surface area contributed by atoms with Gasteiger partial charge in [0, 0.05) is 31.1 Å². The fourth-order valence-electron chi connectivity index (χ4n) is 5.07. The summed E-state index contributed by atoms with van der Waals surface area (Å²) in [7, 11) is 0. The molecule has 0 aromatic heterocycles. The third kappa shape index (κ3) is 2.04. The van der Waals surface area contributed by atoms with Crippen molar-refractivity contribution in [2.75, 3.05) is 0 Å². The summed E-state index contributed by atoms with van der Waals surface area (Å²) in [6.07, 6.45) is -1.80. The smallest absolute Gasteiger partial charge is 0.346 e. The van der Waals surface area contributed by atoms with Crippen LogP contribution in [0.25, 0.3) is 0 Å². The molecule has 5 bridgehead atoms. The molecule has 7 nitrogen and oxygen atoms in total. The highest BCUT2D eigenvalue weighted by Gasteiger charge is 2.72. The Morgan fingerprint density at radius 3 is 2.50 bits per heavy atom. The van der Waals surface area contributed by atoms with Gasteiger partial charge in [-0.2, -0.15) is 0 Å². The zero-order valence-electron chi connectivity index (χ0n) is 15.2. The number of fused-ring (bicyclic) bond motifs is 1. The molecule has 3 heterocycles. The molecule has 2 N–H and O–H groups in total. The van der Waals surface area contributed by atoms with Gasteiger partial charge in [-0.05, 0) is 13.3 Å². The molecule has 2 aliphatic carbocycles. The zero-order chi connectivity index (χ0) is 19.0. The maximum atomic E-state index is 12.7. The second-order valence-corrected chi connectivity index (χ2v) is 8.45. The molecule has 142 valence electrons. The lowest BCUT2D eigenvalue weighted by Gasteiger charge is -2.60. The molecule has 5 aliphatic rings. The molecule has 1 spiro atoms. The van der Waals surface area contributed by atoms with Crippen molar-refractivity contribution < 1.29 is 34.1 Å². The summed E-state index contributed by atoms with van der Waals surface area (Å²) in [6, 6.07) is 0. The van der Waals surface area contributed by atoms with Crippen molar-refractivity contribution in [3.8, 4) is 0 Å². The molecular weight excluding hydrogens is 340 g/mol. The van der Waals surface area contributed by atoms with Gasteiger partial charge in [0.25, 0.3) is 0 Å². The van der Waals surface area contributed by atoms with Crippen molar-refractivity contribution in [2.45, 2.75) is 69.9 Å². The fourth-order valence-corrected chi connectivity index (χ4v) is 5.07. The van der Waals surface area contributed by atoms with Crippen molar-refractivity contribution >= 4 is 17.5 Å². The first kappa shape index (κ1) is 17.7. The minimum absolute atomic E-state index is 0.0376. The molecule has 0 aromatic rings. The van der Waals surface area contributed by atoms with Crippen molar-refractivity contribution in [2.24, 2.45) is 17.8 Å². The molecule has 0 radical (unpaired) electrons. The summed E-state index contributed by atoms with van der Waals surface area (Å²) in [5, 5.41) is 21.8. The van der Waals surface area contributed by atoms with E-state index in [0.29, 0.717) is 12.8 Å². The van der Waals surface area contributed by atoms with Gasteiger partial charge < -0.3 is 19.7 Å². The largest absolute Gasteiger partial charge is 0.484 e. The van der Waals surface area contributed by atoms with Gasteiger partial charge in [-0.15, -0.1) is 0 Å². The van der Waals surface area contributed by atoms with Gasteiger partial charge in [-0.3, -0.25) is 9.59 Å². The highest BCUT2D eigenvalue weighted by molar-refractivity contribution is 6.19. The summed E-state index contributed by atoms with van der Waals surface area (Å²) in [6.45, 7) is 5.30. The van der Waals surface area contributed by atoms with Crippen LogP contribution in [0, 0.1) is 17.8 Å². The Kier molecular flexibility index (Phi) is 3.66. The third-order valence-electron chi connectivity index (χ3n) is 6.92. The number of Topliss-reactive ketones (excluding diaryl/α,β-unsaturated/α-hetero) is 2. The molecule has 0 amide bonds. The number of esters is 1. The summed E-state index contributed by atoms with van der Waals surface area (Å²) in [4.78, 5) is 37.7. The van der Waals surface area contributed by atoms with Crippen LogP contribution < -0.4 is 0 Å². The zero-order valence-corrected chi connectivity index (χ0v) is 15.2. The van der Waals surface area contributed by atoms with E-state index in [1.165, 1.54) is 0 Å². The van der Waals surface area contributed by atoms with Crippen LogP contribution in [0.1, 0.15) is 46.5 Å². The summed E-state index contributed by atoms with van der Waals surface area (Å²) in [5.74, 6) is -2.66. The predicted octanol–water partition coefficient (Wildman–Crippen LogP) is 0.661. The third-order valence-corrected chi connectivity index (χ3v) is 6.92. The van der Waals surface area contributed by atoms with Crippen LogP contribution in [0.2, 0.25) is 0 Å². The lowest BCUT2D eigenvalue weighted by molar-refractivity contribution is -0.286. The highest BCUT2D eigenvalue weighted by Crippen LogP contribution is 2.61. The molecule has 1 saturated carbocycles. The average molecular weight is 364 g/mol. The minimum Gasteiger partial charge on any atom is -0.484 e. The Bertz CT molecular complexity index is 740. The van der Waals surface area contributed by atoms with Gasteiger partial charge in [-0.25, -0.2) is 4.79 Å². The Morgan fingerprint density at radius 2 is 1.81 bits per heavy atom. The number of ketones is 2. The van der Waals surface area contributed by atoms with Gasteiger partial charge >= 0.3 is 5.97 Å². The van der Waals surface area contributed by atoms with E-state index >= 15 is 0 Å². The van der Waals surface area contributed by atoms with E-state index in [4.69, 9.17) is 9.47 Å². The fraction of sp³-hybridized carbons (Fsp3) is 0.737. The molecule has 0 aromatic carbocycles. The number of aliphatic hydroxyl groups excluding tert-OH is 2. The monoisotopic (exact) mass is 364 g/mol. The van der Waals surface area contributed by atoms with E-state index in [2.05, 4.69) is 0 Å². The SMILES string of the molecule is C[C@@H]1CCC(=O)C2=C3O[C@@]4(C)[C@@H](C)C[C@]3(OC2=O)[C@@H]([C@H](O)CC1=O)[C@@H]4O. The van der Waals surface area contributed by atoms with E-state index < -0.39 is 47.0 Å². The first-order valence-electron chi connectivity index (χ1n) is 9.21. The number of rotatable bonds is 0. The first-order chi connectivity index (χ1) is 12.1. The second kappa shape index (κ2) is 5.39. The quantitative estimate of drug-likeness (QED) is 0.480. The van der Waals surface area contributed by atoms with E-state index in [0.717, 1.165) is 0 Å². The van der Waals surface area contributed by atoms with Crippen LogP contribution in [0.3, 0.4) is 0 Å². The minimum atomic E-state index is -1.38. The van der Waals surface area contributed by atoms with Crippen LogP contribution in [0.4, 0.5) is 0 Å². The standard InChI is InChI=1S/C19H24O7/c1-8-4-5-10(20)13-16-19(26-17(13)24)7-9(2)18(3,25-16)15(23)14(19)12(22)6-11(8)21/h8-9,12,14-15,22-23H,4-7H2,1-3H3/t8-,9+,12-,14+,15+,18+,19+/m1/s1. The van der Waals surface area contributed by atoms with Crippen LogP contribution in [-0.4, -0.2) is 51.2 Å². The number of aliphatic hydroxyl groups is 2. The van der Waals surface area contributed by atoms with Gasteiger partial charge in [0.2, 0.25) is 0 Å². The van der Waals surface area contributed by atoms with Gasteiger partial charge in [0.05, 0.1) is 12.0 Å². The number of hydrogen-bond donors (Lipinski definition) is 2. The maximum Gasteiger partial charge on any atom is 0.346 e. The van der Waals surface area contributed by atoms with E-state index in [-0.39, 0.29) is 35.9 Å². The van der Waals surface area contributed by atoms with Crippen LogP contribution in [-0.2, 0) is 23.9 Å². The lowest BCUT2D eigenvalue weighted by Crippen LogP contribution is -2.71. The number of hydrogen-bond acceptors (Lipinski definition) is 7. The van der Waals surface area contributed by atoms with E-state index in [1.54, 1.807) is 13.8 Å². The Balaban J connectivity index is 1.92. The predicted molar refractivity (Wildman–Crippen MR) is 87.7 cm³/mol. The van der Waals surface area contributed by atoms with Crippen molar-refractivity contribution in [1.29, 1.82) is 0 Å².